The van der Waals surface area contributed by atoms with E-state index in [9.17, 15) is 0 Å². The van der Waals surface area contributed by atoms with Crippen molar-refractivity contribution in [2.24, 2.45) is 0 Å². The highest BCUT2D eigenvalue weighted by Crippen LogP contribution is 2.41. The number of fused-ring (bicyclic) bond motifs is 6. The van der Waals surface area contributed by atoms with Crippen LogP contribution in [-0.4, -0.2) is 4.57 Å². The van der Waals surface area contributed by atoms with Crippen molar-refractivity contribution in [3.05, 3.63) is 169 Å². The molecule has 0 amide bonds. The second-order valence-corrected chi connectivity index (χ2v) is 12.9. The number of para-hydroxylation sites is 2. The molecule has 2 aromatic heterocycles. The maximum absolute atomic E-state index is 2.44. The zero-order chi connectivity index (χ0) is 30.6. The molecule has 0 unspecified atom stereocenters. The van der Waals surface area contributed by atoms with Crippen LogP contribution in [-0.2, 0) is 0 Å². The molecule has 0 fully saturated rings. The Labute approximate surface area is 272 Å². The molecule has 0 N–H and O–H groups in total. The average Bonchev–Trinajstić information content (AvgIpc) is 3.64. The Morgan fingerprint density at radius 1 is 0.457 bits per heavy atom. The number of benzene rings is 7. The first-order chi connectivity index (χ1) is 22.7. The minimum Gasteiger partial charge on any atom is -0.310 e. The number of thiophene rings is 1. The number of rotatable bonds is 5. The molecule has 7 aromatic carbocycles. The lowest BCUT2D eigenvalue weighted by Crippen LogP contribution is -2.10. The van der Waals surface area contributed by atoms with Gasteiger partial charge in [0.15, 0.2) is 0 Å². The predicted molar refractivity (Wildman–Crippen MR) is 199 cm³/mol. The van der Waals surface area contributed by atoms with Crippen LogP contribution in [0.15, 0.2) is 164 Å². The van der Waals surface area contributed by atoms with E-state index in [4.69, 9.17) is 0 Å². The Balaban J connectivity index is 1.25. The number of aryl methyl sites for hydroxylation is 1. The third-order valence-corrected chi connectivity index (χ3v) is 10.3. The van der Waals surface area contributed by atoms with E-state index in [0.717, 1.165) is 17.1 Å². The van der Waals surface area contributed by atoms with Crippen LogP contribution in [0.2, 0.25) is 0 Å². The highest BCUT2D eigenvalue weighted by molar-refractivity contribution is 7.25. The van der Waals surface area contributed by atoms with Crippen LogP contribution < -0.4 is 4.90 Å². The van der Waals surface area contributed by atoms with Crippen molar-refractivity contribution in [3.8, 4) is 16.8 Å². The van der Waals surface area contributed by atoms with E-state index in [-0.39, 0.29) is 0 Å². The summed E-state index contributed by atoms with van der Waals surface area (Å²) in [4.78, 5) is 2.36. The summed E-state index contributed by atoms with van der Waals surface area (Å²) in [7, 11) is 0. The standard InChI is InChI=1S/C43H30N2S/c1-29-11-5-6-14-35(29)30-19-21-32(22-20-30)44(31-12-3-2-4-13-31)34-23-25-37-36-15-7-9-17-40(36)45(41(37)28-34)33-24-26-43-39(27-33)38-16-8-10-18-42(38)46-43/h2-28H,1H3. The molecule has 0 saturated heterocycles. The topological polar surface area (TPSA) is 8.17 Å². The summed E-state index contributed by atoms with van der Waals surface area (Å²) < 4.78 is 5.08. The summed E-state index contributed by atoms with van der Waals surface area (Å²) in [6.07, 6.45) is 0. The molecule has 0 aliphatic carbocycles. The average molecular weight is 607 g/mol. The van der Waals surface area contributed by atoms with Gasteiger partial charge in [-0.1, -0.05) is 97.1 Å². The fraction of sp³-hybridized carbons (Fsp3) is 0.0233. The van der Waals surface area contributed by atoms with Crippen LogP contribution in [0.3, 0.4) is 0 Å². The fourth-order valence-corrected chi connectivity index (χ4v) is 8.03. The van der Waals surface area contributed by atoms with Crippen LogP contribution >= 0.6 is 11.3 Å². The molecule has 0 atom stereocenters. The zero-order valence-electron chi connectivity index (χ0n) is 25.4. The van der Waals surface area contributed by atoms with Crippen LogP contribution in [0.25, 0.3) is 58.8 Å². The number of hydrogen-bond acceptors (Lipinski definition) is 2. The molecule has 9 rings (SSSR count). The second-order valence-electron chi connectivity index (χ2n) is 11.9. The van der Waals surface area contributed by atoms with Gasteiger partial charge in [0.2, 0.25) is 0 Å². The first-order valence-electron chi connectivity index (χ1n) is 15.7. The van der Waals surface area contributed by atoms with Crippen molar-refractivity contribution in [2.45, 2.75) is 6.92 Å². The lowest BCUT2D eigenvalue weighted by Gasteiger charge is -2.26. The van der Waals surface area contributed by atoms with E-state index in [2.05, 4.69) is 180 Å². The third-order valence-electron chi connectivity index (χ3n) is 9.13. The predicted octanol–water partition coefficient (Wildman–Crippen LogP) is 12.6. The largest absolute Gasteiger partial charge is 0.310 e. The Hall–Kier alpha value is -5.64. The van der Waals surface area contributed by atoms with Crippen LogP contribution in [0.4, 0.5) is 17.1 Å². The van der Waals surface area contributed by atoms with Crippen molar-refractivity contribution in [1.82, 2.24) is 4.57 Å². The second kappa shape index (κ2) is 10.8. The van der Waals surface area contributed by atoms with Gasteiger partial charge in [-0.3, -0.25) is 0 Å². The molecular weight excluding hydrogens is 577 g/mol. The van der Waals surface area contributed by atoms with Gasteiger partial charge < -0.3 is 9.47 Å². The molecule has 2 nitrogen and oxygen atoms in total. The molecule has 0 aliphatic heterocycles. The van der Waals surface area contributed by atoms with Gasteiger partial charge in [0, 0.05) is 53.7 Å². The normalized spacial score (nSPS) is 11.6. The summed E-state index contributed by atoms with van der Waals surface area (Å²) >= 11 is 1.86. The first kappa shape index (κ1) is 26.7. The summed E-state index contributed by atoms with van der Waals surface area (Å²) in [6.45, 7) is 2.17. The van der Waals surface area contributed by atoms with Gasteiger partial charge in [-0.25, -0.2) is 0 Å². The lowest BCUT2D eigenvalue weighted by atomic mass is 10.0. The fourth-order valence-electron chi connectivity index (χ4n) is 6.94. The van der Waals surface area contributed by atoms with E-state index in [1.165, 1.54) is 64.4 Å². The van der Waals surface area contributed by atoms with Gasteiger partial charge in [-0.05, 0) is 90.3 Å². The maximum atomic E-state index is 2.44. The zero-order valence-corrected chi connectivity index (χ0v) is 26.2. The third kappa shape index (κ3) is 4.32. The molecule has 9 aromatic rings. The molecule has 46 heavy (non-hydrogen) atoms. The number of hydrogen-bond donors (Lipinski definition) is 0. The number of nitrogens with zero attached hydrogens (tertiary/aromatic N) is 2. The van der Waals surface area contributed by atoms with Crippen molar-refractivity contribution >= 4 is 70.4 Å². The van der Waals surface area contributed by atoms with Crippen molar-refractivity contribution in [2.75, 3.05) is 4.90 Å². The van der Waals surface area contributed by atoms with Gasteiger partial charge in [-0.2, -0.15) is 0 Å². The van der Waals surface area contributed by atoms with Crippen molar-refractivity contribution in [1.29, 1.82) is 0 Å². The van der Waals surface area contributed by atoms with Gasteiger partial charge in [0.1, 0.15) is 0 Å². The van der Waals surface area contributed by atoms with E-state index in [1.54, 1.807) is 0 Å². The minimum absolute atomic E-state index is 1.12. The van der Waals surface area contributed by atoms with Gasteiger partial charge in [-0.15, -0.1) is 11.3 Å². The van der Waals surface area contributed by atoms with E-state index < -0.39 is 0 Å². The molecule has 3 heteroatoms. The van der Waals surface area contributed by atoms with Gasteiger partial charge >= 0.3 is 0 Å². The van der Waals surface area contributed by atoms with E-state index in [1.807, 2.05) is 11.3 Å². The maximum Gasteiger partial charge on any atom is 0.0561 e. The summed E-state index contributed by atoms with van der Waals surface area (Å²) in [5, 5.41) is 5.13. The summed E-state index contributed by atoms with van der Waals surface area (Å²) in [5.41, 5.74) is 10.7. The Morgan fingerprint density at radius 3 is 1.96 bits per heavy atom. The number of anilines is 3. The Kier molecular flexibility index (Phi) is 6.25. The minimum atomic E-state index is 1.12. The summed E-state index contributed by atoms with van der Waals surface area (Å²) in [5.74, 6) is 0. The van der Waals surface area contributed by atoms with E-state index in [0.29, 0.717) is 0 Å². The van der Waals surface area contributed by atoms with Gasteiger partial charge in [0.05, 0.1) is 11.0 Å². The number of aromatic nitrogens is 1. The van der Waals surface area contributed by atoms with Crippen LogP contribution in [0, 0.1) is 6.92 Å². The molecule has 0 aliphatic rings. The summed E-state index contributed by atoms with van der Waals surface area (Å²) in [6, 6.07) is 59.5. The molecular formula is C43H30N2S. The molecule has 0 radical (unpaired) electrons. The molecule has 218 valence electrons. The molecule has 0 bridgehead atoms. The Morgan fingerprint density at radius 2 is 1.11 bits per heavy atom. The Bertz CT molecular complexity index is 2540. The SMILES string of the molecule is Cc1ccccc1-c1ccc(N(c2ccccc2)c2ccc3c4ccccc4n(-c4ccc5sc6ccccc6c5c4)c3c2)cc1. The smallest absolute Gasteiger partial charge is 0.0561 e. The monoisotopic (exact) mass is 606 g/mol. The first-order valence-corrected chi connectivity index (χ1v) is 16.5. The highest BCUT2D eigenvalue weighted by Gasteiger charge is 2.18. The molecule has 0 saturated carbocycles. The highest BCUT2D eigenvalue weighted by atomic mass is 32.1. The van der Waals surface area contributed by atoms with Crippen molar-refractivity contribution in [3.63, 3.8) is 0 Å². The molecule has 0 spiro atoms. The van der Waals surface area contributed by atoms with Gasteiger partial charge in [0.25, 0.3) is 0 Å². The van der Waals surface area contributed by atoms with E-state index >= 15 is 0 Å². The quantitative estimate of drug-likeness (QED) is 0.189. The lowest BCUT2D eigenvalue weighted by molar-refractivity contribution is 1.18. The molecule has 2 heterocycles. The van der Waals surface area contributed by atoms with Crippen LogP contribution in [0.5, 0.6) is 0 Å². The van der Waals surface area contributed by atoms with Crippen molar-refractivity contribution < 1.29 is 0 Å². The van der Waals surface area contributed by atoms with Crippen LogP contribution in [0.1, 0.15) is 5.56 Å².